The average Bonchev–Trinajstić information content (AvgIpc) is 2.18. The lowest BCUT2D eigenvalue weighted by molar-refractivity contribution is 0.110. The summed E-state index contributed by atoms with van der Waals surface area (Å²) in [5.74, 6) is 0. The average molecular weight is 211 g/mol. The van der Waals surface area contributed by atoms with Crippen molar-refractivity contribution in [2.75, 3.05) is 13.2 Å². The SMILES string of the molecule is C=C(CCO)CC1CCCCN1C(C)C. The molecule has 1 rings (SSSR count). The first-order valence-electron chi connectivity index (χ1n) is 6.18. The van der Waals surface area contributed by atoms with Crippen LogP contribution in [0.5, 0.6) is 0 Å². The van der Waals surface area contributed by atoms with Crippen molar-refractivity contribution in [1.82, 2.24) is 4.90 Å². The molecule has 2 heteroatoms. The van der Waals surface area contributed by atoms with E-state index in [9.17, 15) is 0 Å². The Hall–Kier alpha value is -0.340. The Balaban J connectivity index is 2.45. The molecule has 2 nitrogen and oxygen atoms in total. The largest absolute Gasteiger partial charge is 0.396 e. The number of nitrogens with zero attached hydrogens (tertiary/aromatic N) is 1. The summed E-state index contributed by atoms with van der Waals surface area (Å²) >= 11 is 0. The Bertz CT molecular complexity index is 201. The van der Waals surface area contributed by atoms with Crippen molar-refractivity contribution in [2.45, 2.75) is 58.0 Å². The van der Waals surface area contributed by atoms with Gasteiger partial charge in [-0.2, -0.15) is 0 Å². The van der Waals surface area contributed by atoms with Gasteiger partial charge in [-0.15, -0.1) is 0 Å². The molecule has 0 aromatic heterocycles. The highest BCUT2D eigenvalue weighted by atomic mass is 16.2. The molecule has 15 heavy (non-hydrogen) atoms. The van der Waals surface area contributed by atoms with E-state index in [4.69, 9.17) is 5.11 Å². The van der Waals surface area contributed by atoms with E-state index in [0.717, 1.165) is 12.8 Å². The first kappa shape index (κ1) is 12.7. The van der Waals surface area contributed by atoms with Gasteiger partial charge in [0, 0.05) is 18.7 Å². The lowest BCUT2D eigenvalue weighted by Gasteiger charge is -2.39. The van der Waals surface area contributed by atoms with Gasteiger partial charge in [-0.05, 0) is 46.1 Å². The van der Waals surface area contributed by atoms with Crippen molar-refractivity contribution < 1.29 is 5.11 Å². The predicted molar refractivity (Wildman–Crippen MR) is 64.9 cm³/mol. The van der Waals surface area contributed by atoms with E-state index in [-0.39, 0.29) is 6.61 Å². The summed E-state index contributed by atoms with van der Waals surface area (Å²) < 4.78 is 0. The highest BCUT2D eigenvalue weighted by Crippen LogP contribution is 2.24. The second-order valence-electron chi connectivity index (χ2n) is 4.91. The first-order valence-corrected chi connectivity index (χ1v) is 6.18. The predicted octanol–water partition coefficient (Wildman–Crippen LogP) is 2.58. The maximum Gasteiger partial charge on any atom is 0.0468 e. The van der Waals surface area contributed by atoms with Crippen LogP contribution >= 0.6 is 0 Å². The van der Waals surface area contributed by atoms with Crippen molar-refractivity contribution in [3.05, 3.63) is 12.2 Å². The molecule has 1 saturated heterocycles. The summed E-state index contributed by atoms with van der Waals surface area (Å²) in [5.41, 5.74) is 1.20. The van der Waals surface area contributed by atoms with Crippen LogP contribution in [0, 0.1) is 0 Å². The fourth-order valence-corrected chi connectivity index (χ4v) is 2.52. The van der Waals surface area contributed by atoms with Crippen molar-refractivity contribution in [3.8, 4) is 0 Å². The van der Waals surface area contributed by atoms with Crippen LogP contribution in [0.1, 0.15) is 46.0 Å². The quantitative estimate of drug-likeness (QED) is 0.707. The molecule has 0 aliphatic carbocycles. The van der Waals surface area contributed by atoms with E-state index in [2.05, 4.69) is 25.3 Å². The summed E-state index contributed by atoms with van der Waals surface area (Å²) in [4.78, 5) is 2.59. The molecule has 88 valence electrons. The standard InChI is InChI=1S/C13H25NO/c1-11(2)14-8-5-4-6-13(14)10-12(3)7-9-15/h11,13,15H,3-10H2,1-2H3. The Kier molecular flexibility index (Phi) is 5.34. The second-order valence-corrected chi connectivity index (χ2v) is 4.91. The molecule has 1 fully saturated rings. The molecule has 0 aromatic rings. The van der Waals surface area contributed by atoms with E-state index < -0.39 is 0 Å². The number of rotatable bonds is 5. The molecular formula is C13H25NO. The summed E-state index contributed by atoms with van der Waals surface area (Å²) in [6.07, 6.45) is 5.81. The highest BCUT2D eigenvalue weighted by Gasteiger charge is 2.24. The van der Waals surface area contributed by atoms with Crippen molar-refractivity contribution in [2.24, 2.45) is 0 Å². The van der Waals surface area contributed by atoms with E-state index in [0.29, 0.717) is 12.1 Å². The van der Waals surface area contributed by atoms with E-state index in [1.165, 1.54) is 31.4 Å². The van der Waals surface area contributed by atoms with Gasteiger partial charge in [0.1, 0.15) is 0 Å². The molecule has 1 atom stereocenters. The topological polar surface area (TPSA) is 23.5 Å². The van der Waals surface area contributed by atoms with Gasteiger partial charge >= 0.3 is 0 Å². The van der Waals surface area contributed by atoms with Gasteiger partial charge in [-0.25, -0.2) is 0 Å². The third-order valence-corrected chi connectivity index (χ3v) is 3.33. The zero-order valence-corrected chi connectivity index (χ0v) is 10.2. The number of hydrogen-bond acceptors (Lipinski definition) is 2. The molecule has 1 N–H and O–H groups in total. The molecule has 0 aromatic carbocycles. The molecule has 1 heterocycles. The van der Waals surface area contributed by atoms with Crippen LogP contribution in [-0.4, -0.2) is 35.2 Å². The minimum absolute atomic E-state index is 0.243. The van der Waals surface area contributed by atoms with Gasteiger partial charge in [0.2, 0.25) is 0 Å². The van der Waals surface area contributed by atoms with E-state index >= 15 is 0 Å². The molecule has 1 aliphatic rings. The van der Waals surface area contributed by atoms with Crippen LogP contribution < -0.4 is 0 Å². The molecule has 1 aliphatic heterocycles. The van der Waals surface area contributed by atoms with Crippen LogP contribution in [0.2, 0.25) is 0 Å². The lowest BCUT2D eigenvalue weighted by atomic mass is 9.94. The maximum absolute atomic E-state index is 8.87. The van der Waals surface area contributed by atoms with Crippen molar-refractivity contribution >= 4 is 0 Å². The Morgan fingerprint density at radius 1 is 1.47 bits per heavy atom. The van der Waals surface area contributed by atoms with Crippen molar-refractivity contribution in [1.29, 1.82) is 0 Å². The summed E-state index contributed by atoms with van der Waals surface area (Å²) in [6, 6.07) is 1.30. The number of likely N-dealkylation sites (tertiary alicyclic amines) is 1. The Labute approximate surface area is 94.0 Å². The van der Waals surface area contributed by atoms with Crippen molar-refractivity contribution in [3.63, 3.8) is 0 Å². The van der Waals surface area contributed by atoms with Gasteiger partial charge in [0.25, 0.3) is 0 Å². The van der Waals surface area contributed by atoms with Gasteiger partial charge in [0.05, 0.1) is 0 Å². The van der Waals surface area contributed by atoms with Crippen LogP contribution in [0.15, 0.2) is 12.2 Å². The van der Waals surface area contributed by atoms with Gasteiger partial charge in [-0.1, -0.05) is 18.6 Å². The van der Waals surface area contributed by atoms with E-state index in [1.807, 2.05) is 0 Å². The molecule has 0 spiro atoms. The Morgan fingerprint density at radius 3 is 2.80 bits per heavy atom. The van der Waals surface area contributed by atoms with Crippen LogP contribution in [0.3, 0.4) is 0 Å². The number of aliphatic hydroxyl groups is 1. The number of piperidine rings is 1. The molecule has 0 radical (unpaired) electrons. The molecule has 0 bridgehead atoms. The molecule has 0 amide bonds. The number of hydrogen-bond donors (Lipinski definition) is 1. The van der Waals surface area contributed by atoms with Gasteiger partial charge in [-0.3, -0.25) is 4.90 Å². The summed E-state index contributed by atoms with van der Waals surface area (Å²) in [7, 11) is 0. The van der Waals surface area contributed by atoms with E-state index in [1.54, 1.807) is 0 Å². The van der Waals surface area contributed by atoms with Gasteiger partial charge < -0.3 is 5.11 Å². The normalized spacial score (nSPS) is 23.3. The molecule has 0 saturated carbocycles. The Morgan fingerprint density at radius 2 is 2.20 bits per heavy atom. The van der Waals surface area contributed by atoms with Crippen LogP contribution in [0.4, 0.5) is 0 Å². The fourth-order valence-electron chi connectivity index (χ4n) is 2.52. The van der Waals surface area contributed by atoms with Crippen LogP contribution in [0.25, 0.3) is 0 Å². The second kappa shape index (κ2) is 6.29. The molecule has 1 unspecified atom stereocenters. The minimum atomic E-state index is 0.243. The third-order valence-electron chi connectivity index (χ3n) is 3.33. The maximum atomic E-state index is 8.87. The van der Waals surface area contributed by atoms with Crippen LogP contribution in [-0.2, 0) is 0 Å². The zero-order valence-electron chi connectivity index (χ0n) is 10.2. The lowest BCUT2D eigenvalue weighted by Crippen LogP contribution is -2.44. The number of aliphatic hydroxyl groups excluding tert-OH is 1. The monoisotopic (exact) mass is 211 g/mol. The summed E-state index contributed by atoms with van der Waals surface area (Å²) in [5, 5.41) is 8.87. The highest BCUT2D eigenvalue weighted by molar-refractivity contribution is 4.99. The third kappa shape index (κ3) is 3.96. The minimum Gasteiger partial charge on any atom is -0.396 e. The molecular weight excluding hydrogens is 186 g/mol. The smallest absolute Gasteiger partial charge is 0.0468 e. The summed E-state index contributed by atoms with van der Waals surface area (Å²) in [6.45, 7) is 10.1. The fraction of sp³-hybridized carbons (Fsp3) is 0.846. The first-order chi connectivity index (χ1) is 7.15. The zero-order chi connectivity index (χ0) is 11.3. The van der Waals surface area contributed by atoms with Gasteiger partial charge in [0.15, 0.2) is 0 Å².